The third-order valence-corrected chi connectivity index (χ3v) is 2.82. The molecule has 92 valence electrons. The van der Waals surface area contributed by atoms with Gasteiger partial charge in [-0.25, -0.2) is 9.18 Å². The first-order valence-electron chi connectivity index (χ1n) is 5.72. The topological polar surface area (TPSA) is 58.4 Å². The molecule has 5 heteroatoms. The Morgan fingerprint density at radius 3 is 3.06 bits per heavy atom. The highest BCUT2D eigenvalue weighted by molar-refractivity contribution is 5.89. The summed E-state index contributed by atoms with van der Waals surface area (Å²) < 4.78 is 12.9. The van der Waals surface area contributed by atoms with Crippen LogP contribution < -0.4 is 11.1 Å². The second-order valence-electron chi connectivity index (χ2n) is 4.29. The number of nitrogens with zero attached hydrogens (tertiary/aromatic N) is 1. The summed E-state index contributed by atoms with van der Waals surface area (Å²) in [6, 6.07) is 5.68. The predicted octanol–water partition coefficient (Wildman–Crippen LogP) is 1.78. The molecule has 0 aromatic heterocycles. The number of nitrogens with one attached hydrogen (secondary N) is 1. The molecule has 1 fully saturated rings. The zero-order valence-electron chi connectivity index (χ0n) is 9.53. The lowest BCUT2D eigenvalue weighted by Crippen LogP contribution is -2.47. The highest BCUT2D eigenvalue weighted by atomic mass is 19.1. The number of likely N-dealkylation sites (tertiary alicyclic amines) is 1. The monoisotopic (exact) mass is 237 g/mol. The Balaban J connectivity index is 1.96. The first-order valence-corrected chi connectivity index (χ1v) is 5.72. The number of carbonyl (C=O) groups excluding carboxylic acids is 1. The van der Waals surface area contributed by atoms with E-state index in [0.717, 1.165) is 12.8 Å². The van der Waals surface area contributed by atoms with E-state index < -0.39 is 0 Å². The average molecular weight is 237 g/mol. The summed E-state index contributed by atoms with van der Waals surface area (Å²) >= 11 is 0. The number of hydrogen-bond donors (Lipinski definition) is 2. The SMILES string of the molecule is NC1CCCN(C(=O)Nc2cccc(F)c2)C1. The highest BCUT2D eigenvalue weighted by Gasteiger charge is 2.21. The van der Waals surface area contributed by atoms with Crippen molar-refractivity contribution in [2.75, 3.05) is 18.4 Å². The van der Waals surface area contributed by atoms with E-state index in [0.29, 0.717) is 18.8 Å². The van der Waals surface area contributed by atoms with Gasteiger partial charge < -0.3 is 16.0 Å². The lowest BCUT2D eigenvalue weighted by Gasteiger charge is -2.30. The molecule has 1 aliphatic rings. The molecule has 0 spiro atoms. The van der Waals surface area contributed by atoms with Crippen molar-refractivity contribution in [3.63, 3.8) is 0 Å². The number of amides is 2. The van der Waals surface area contributed by atoms with Gasteiger partial charge in [-0.05, 0) is 31.0 Å². The van der Waals surface area contributed by atoms with Crippen molar-refractivity contribution in [3.8, 4) is 0 Å². The van der Waals surface area contributed by atoms with Gasteiger partial charge >= 0.3 is 6.03 Å². The molecule has 1 heterocycles. The van der Waals surface area contributed by atoms with E-state index in [1.165, 1.54) is 12.1 Å². The summed E-state index contributed by atoms with van der Waals surface area (Å²) in [6.45, 7) is 1.26. The van der Waals surface area contributed by atoms with Gasteiger partial charge in [-0.3, -0.25) is 0 Å². The second kappa shape index (κ2) is 5.14. The molecule has 0 bridgehead atoms. The molecule has 1 aromatic carbocycles. The summed E-state index contributed by atoms with van der Waals surface area (Å²) in [5.74, 6) is -0.363. The Morgan fingerprint density at radius 1 is 1.53 bits per heavy atom. The van der Waals surface area contributed by atoms with Crippen molar-refractivity contribution in [1.82, 2.24) is 4.90 Å². The fraction of sp³-hybridized carbons (Fsp3) is 0.417. The molecule has 1 aromatic rings. The number of urea groups is 1. The normalized spacial score (nSPS) is 20.1. The zero-order chi connectivity index (χ0) is 12.3. The number of halogens is 1. The van der Waals surface area contributed by atoms with E-state index >= 15 is 0 Å². The summed E-state index contributed by atoms with van der Waals surface area (Å²) in [6.07, 6.45) is 1.86. The van der Waals surface area contributed by atoms with Crippen molar-refractivity contribution in [2.45, 2.75) is 18.9 Å². The van der Waals surface area contributed by atoms with Crippen molar-refractivity contribution in [2.24, 2.45) is 5.73 Å². The Bertz CT molecular complexity index is 410. The van der Waals surface area contributed by atoms with Crippen LogP contribution in [0.15, 0.2) is 24.3 Å². The van der Waals surface area contributed by atoms with Crippen LogP contribution in [0, 0.1) is 5.82 Å². The molecule has 1 unspecified atom stereocenters. The van der Waals surface area contributed by atoms with Gasteiger partial charge in [0.1, 0.15) is 5.82 Å². The maximum Gasteiger partial charge on any atom is 0.321 e. The standard InChI is InChI=1S/C12H16FN3O/c13-9-3-1-5-11(7-9)15-12(17)16-6-2-4-10(14)8-16/h1,3,5,7,10H,2,4,6,8,14H2,(H,15,17). The van der Waals surface area contributed by atoms with E-state index in [-0.39, 0.29) is 17.9 Å². The van der Waals surface area contributed by atoms with E-state index in [9.17, 15) is 9.18 Å². The number of nitrogens with two attached hydrogens (primary N) is 1. The molecule has 0 saturated carbocycles. The van der Waals surface area contributed by atoms with Gasteiger partial charge in [0.05, 0.1) is 0 Å². The lowest BCUT2D eigenvalue weighted by molar-refractivity contribution is 0.193. The largest absolute Gasteiger partial charge is 0.326 e. The zero-order valence-corrected chi connectivity index (χ0v) is 9.53. The van der Waals surface area contributed by atoms with Crippen LogP contribution in [-0.2, 0) is 0 Å². The average Bonchev–Trinajstić information content (AvgIpc) is 2.29. The van der Waals surface area contributed by atoms with Gasteiger partial charge in [0, 0.05) is 24.8 Å². The van der Waals surface area contributed by atoms with Crippen LogP contribution in [0.5, 0.6) is 0 Å². The van der Waals surface area contributed by atoms with Crippen molar-refractivity contribution in [3.05, 3.63) is 30.1 Å². The summed E-state index contributed by atoms with van der Waals surface area (Å²) in [5, 5.41) is 2.66. The fourth-order valence-corrected chi connectivity index (χ4v) is 1.96. The molecule has 1 saturated heterocycles. The molecule has 17 heavy (non-hydrogen) atoms. The van der Waals surface area contributed by atoms with E-state index in [1.807, 2.05) is 0 Å². The van der Waals surface area contributed by atoms with Crippen LogP contribution in [0.25, 0.3) is 0 Å². The smallest absolute Gasteiger partial charge is 0.321 e. The van der Waals surface area contributed by atoms with E-state index in [2.05, 4.69) is 5.32 Å². The minimum atomic E-state index is -0.363. The van der Waals surface area contributed by atoms with Crippen LogP contribution in [0.4, 0.5) is 14.9 Å². The van der Waals surface area contributed by atoms with Crippen molar-refractivity contribution in [1.29, 1.82) is 0 Å². The lowest BCUT2D eigenvalue weighted by atomic mass is 10.1. The van der Waals surface area contributed by atoms with Crippen LogP contribution in [0.2, 0.25) is 0 Å². The van der Waals surface area contributed by atoms with Crippen LogP contribution >= 0.6 is 0 Å². The molecular weight excluding hydrogens is 221 g/mol. The van der Waals surface area contributed by atoms with E-state index in [1.54, 1.807) is 17.0 Å². The maximum absolute atomic E-state index is 12.9. The molecule has 4 nitrogen and oxygen atoms in total. The van der Waals surface area contributed by atoms with Gasteiger partial charge in [0.2, 0.25) is 0 Å². The molecule has 3 N–H and O–H groups in total. The minimum Gasteiger partial charge on any atom is -0.326 e. The Morgan fingerprint density at radius 2 is 2.35 bits per heavy atom. The number of carbonyl (C=O) groups is 1. The number of rotatable bonds is 1. The number of piperidine rings is 1. The molecule has 1 atom stereocenters. The molecular formula is C12H16FN3O. The van der Waals surface area contributed by atoms with Crippen molar-refractivity contribution < 1.29 is 9.18 Å². The van der Waals surface area contributed by atoms with Gasteiger partial charge in [0.15, 0.2) is 0 Å². The maximum atomic E-state index is 12.9. The quantitative estimate of drug-likeness (QED) is 0.782. The number of benzene rings is 1. The van der Waals surface area contributed by atoms with Gasteiger partial charge in [0.25, 0.3) is 0 Å². The number of anilines is 1. The first kappa shape index (κ1) is 11.9. The Hall–Kier alpha value is -1.62. The summed E-state index contributed by atoms with van der Waals surface area (Å²) in [7, 11) is 0. The Labute approximate surface area is 99.6 Å². The minimum absolute atomic E-state index is 0.0435. The van der Waals surface area contributed by atoms with Crippen LogP contribution in [0.1, 0.15) is 12.8 Å². The second-order valence-corrected chi connectivity index (χ2v) is 4.29. The van der Waals surface area contributed by atoms with Gasteiger partial charge in [-0.15, -0.1) is 0 Å². The molecule has 2 rings (SSSR count). The predicted molar refractivity (Wildman–Crippen MR) is 64.2 cm³/mol. The number of hydrogen-bond acceptors (Lipinski definition) is 2. The summed E-state index contributed by atoms with van der Waals surface area (Å²) in [5.41, 5.74) is 6.27. The summed E-state index contributed by atoms with van der Waals surface area (Å²) in [4.78, 5) is 13.5. The molecule has 2 amide bonds. The molecule has 0 aliphatic carbocycles. The molecule has 1 aliphatic heterocycles. The molecule has 0 radical (unpaired) electrons. The van der Waals surface area contributed by atoms with Crippen molar-refractivity contribution >= 4 is 11.7 Å². The van der Waals surface area contributed by atoms with Gasteiger partial charge in [-0.2, -0.15) is 0 Å². The first-order chi connectivity index (χ1) is 8.15. The van der Waals surface area contributed by atoms with E-state index in [4.69, 9.17) is 5.73 Å². The highest BCUT2D eigenvalue weighted by Crippen LogP contribution is 2.13. The Kier molecular flexibility index (Phi) is 3.58. The van der Waals surface area contributed by atoms with Crippen LogP contribution in [0.3, 0.4) is 0 Å². The van der Waals surface area contributed by atoms with Crippen LogP contribution in [-0.4, -0.2) is 30.1 Å². The third kappa shape index (κ3) is 3.17. The third-order valence-electron chi connectivity index (χ3n) is 2.82. The van der Waals surface area contributed by atoms with Gasteiger partial charge in [-0.1, -0.05) is 6.07 Å². The fourth-order valence-electron chi connectivity index (χ4n) is 1.96.